The zero-order chi connectivity index (χ0) is 12.0. The van der Waals surface area contributed by atoms with Gasteiger partial charge in [0.25, 0.3) is 0 Å². The van der Waals surface area contributed by atoms with Crippen LogP contribution in [0.15, 0.2) is 4.99 Å². The molecule has 0 saturated heterocycles. The first-order valence-electron chi connectivity index (χ1n) is 5.94. The van der Waals surface area contributed by atoms with Gasteiger partial charge < -0.3 is 16.0 Å². The predicted octanol–water partition coefficient (Wildman–Crippen LogP) is 0.312. The van der Waals surface area contributed by atoms with Crippen LogP contribution < -0.4 is 11.1 Å². The third kappa shape index (κ3) is 4.08. The van der Waals surface area contributed by atoms with Crippen LogP contribution in [-0.2, 0) is 4.79 Å². The smallest absolute Gasteiger partial charge is 0.244 e. The Kier molecular flexibility index (Phi) is 5.08. The van der Waals surface area contributed by atoms with Gasteiger partial charge in [-0.05, 0) is 19.8 Å². The van der Waals surface area contributed by atoms with E-state index < -0.39 is 0 Å². The molecule has 1 aliphatic carbocycles. The first-order chi connectivity index (χ1) is 7.63. The number of hydrogen-bond donors (Lipinski definition) is 2. The van der Waals surface area contributed by atoms with Crippen molar-refractivity contribution in [2.75, 3.05) is 20.1 Å². The van der Waals surface area contributed by atoms with E-state index in [9.17, 15) is 4.79 Å². The van der Waals surface area contributed by atoms with Crippen LogP contribution in [0.25, 0.3) is 0 Å². The van der Waals surface area contributed by atoms with Crippen molar-refractivity contribution in [2.24, 2.45) is 10.7 Å². The van der Waals surface area contributed by atoms with Crippen molar-refractivity contribution in [1.29, 1.82) is 0 Å². The molecule has 0 bridgehead atoms. The van der Waals surface area contributed by atoms with Gasteiger partial charge in [-0.15, -0.1) is 0 Å². The van der Waals surface area contributed by atoms with E-state index in [0.29, 0.717) is 18.5 Å². The summed E-state index contributed by atoms with van der Waals surface area (Å²) in [6, 6.07) is 0.447. The summed E-state index contributed by atoms with van der Waals surface area (Å²) in [5.74, 6) is 0.392. The lowest BCUT2D eigenvalue weighted by Gasteiger charge is -2.14. The number of rotatable bonds is 4. The van der Waals surface area contributed by atoms with Crippen molar-refractivity contribution in [3.63, 3.8) is 0 Å². The second-order valence-electron chi connectivity index (χ2n) is 4.24. The Morgan fingerprint density at radius 3 is 2.69 bits per heavy atom. The second kappa shape index (κ2) is 6.35. The maximum absolute atomic E-state index is 11.5. The zero-order valence-electron chi connectivity index (χ0n) is 10.2. The topological polar surface area (TPSA) is 70.7 Å². The standard InChI is InChI=1S/C11H22N4O/c1-3-15(2)10(16)8-13-11(12)14-9-6-4-5-7-9/h9H,3-8H2,1-2H3,(H3,12,13,14). The van der Waals surface area contributed by atoms with Crippen LogP contribution in [0, 0.1) is 0 Å². The highest BCUT2D eigenvalue weighted by Gasteiger charge is 2.15. The lowest BCUT2D eigenvalue weighted by Crippen LogP contribution is -2.39. The zero-order valence-corrected chi connectivity index (χ0v) is 10.2. The molecular formula is C11H22N4O. The number of hydrogen-bond acceptors (Lipinski definition) is 2. The van der Waals surface area contributed by atoms with E-state index in [-0.39, 0.29) is 12.5 Å². The van der Waals surface area contributed by atoms with E-state index >= 15 is 0 Å². The fourth-order valence-corrected chi connectivity index (χ4v) is 1.77. The van der Waals surface area contributed by atoms with Crippen LogP contribution in [0.3, 0.4) is 0 Å². The van der Waals surface area contributed by atoms with Gasteiger partial charge in [-0.2, -0.15) is 0 Å². The van der Waals surface area contributed by atoms with E-state index in [1.807, 2.05) is 6.92 Å². The number of carbonyl (C=O) groups is 1. The summed E-state index contributed by atoms with van der Waals surface area (Å²) in [6.45, 7) is 2.77. The van der Waals surface area contributed by atoms with Crippen molar-refractivity contribution < 1.29 is 4.79 Å². The summed E-state index contributed by atoms with van der Waals surface area (Å²) < 4.78 is 0. The molecule has 0 unspecified atom stereocenters. The summed E-state index contributed by atoms with van der Waals surface area (Å²) >= 11 is 0. The average Bonchev–Trinajstić information content (AvgIpc) is 2.77. The van der Waals surface area contributed by atoms with Gasteiger partial charge in [0.1, 0.15) is 6.54 Å². The normalized spacial score (nSPS) is 17.5. The molecule has 1 amide bonds. The number of amides is 1. The summed E-state index contributed by atoms with van der Waals surface area (Å²) in [6.07, 6.45) is 4.81. The minimum atomic E-state index is -0.00123. The van der Waals surface area contributed by atoms with Gasteiger partial charge in [-0.25, -0.2) is 4.99 Å². The Bertz CT molecular complexity index is 259. The van der Waals surface area contributed by atoms with Crippen molar-refractivity contribution in [1.82, 2.24) is 10.2 Å². The molecule has 0 aliphatic heterocycles. The third-order valence-corrected chi connectivity index (χ3v) is 2.99. The Morgan fingerprint density at radius 2 is 2.12 bits per heavy atom. The van der Waals surface area contributed by atoms with Crippen LogP contribution in [0.1, 0.15) is 32.6 Å². The van der Waals surface area contributed by atoms with Crippen LogP contribution in [0.2, 0.25) is 0 Å². The molecule has 5 heteroatoms. The quantitative estimate of drug-likeness (QED) is 0.535. The van der Waals surface area contributed by atoms with Crippen LogP contribution in [0.4, 0.5) is 0 Å². The molecule has 0 aromatic carbocycles. The Balaban J connectivity index is 2.29. The van der Waals surface area contributed by atoms with Crippen molar-refractivity contribution in [2.45, 2.75) is 38.6 Å². The van der Waals surface area contributed by atoms with Gasteiger partial charge in [-0.3, -0.25) is 4.79 Å². The summed E-state index contributed by atoms with van der Waals surface area (Å²) in [4.78, 5) is 17.1. The highest BCUT2D eigenvalue weighted by molar-refractivity contribution is 5.84. The van der Waals surface area contributed by atoms with Gasteiger partial charge in [0.15, 0.2) is 5.96 Å². The maximum Gasteiger partial charge on any atom is 0.244 e. The van der Waals surface area contributed by atoms with Crippen molar-refractivity contribution >= 4 is 11.9 Å². The van der Waals surface area contributed by atoms with Gasteiger partial charge in [0, 0.05) is 19.6 Å². The molecule has 3 N–H and O–H groups in total. The Hall–Kier alpha value is -1.26. The van der Waals surface area contributed by atoms with E-state index in [0.717, 1.165) is 12.8 Å². The lowest BCUT2D eigenvalue weighted by atomic mass is 10.2. The molecular weight excluding hydrogens is 204 g/mol. The molecule has 92 valence electrons. The minimum Gasteiger partial charge on any atom is -0.370 e. The monoisotopic (exact) mass is 226 g/mol. The van der Waals surface area contributed by atoms with E-state index in [2.05, 4.69) is 10.3 Å². The van der Waals surface area contributed by atoms with Gasteiger partial charge >= 0.3 is 0 Å². The SMILES string of the molecule is CCN(C)C(=O)CN=C(N)NC1CCCC1. The van der Waals surface area contributed by atoms with E-state index in [1.165, 1.54) is 12.8 Å². The molecule has 1 fully saturated rings. The minimum absolute atomic E-state index is 0.00123. The molecule has 5 nitrogen and oxygen atoms in total. The maximum atomic E-state index is 11.5. The molecule has 1 rings (SSSR count). The fraction of sp³-hybridized carbons (Fsp3) is 0.818. The lowest BCUT2D eigenvalue weighted by molar-refractivity contribution is -0.128. The summed E-state index contributed by atoms with van der Waals surface area (Å²) in [7, 11) is 1.76. The van der Waals surface area contributed by atoms with Gasteiger partial charge in [-0.1, -0.05) is 12.8 Å². The number of nitrogens with zero attached hydrogens (tertiary/aromatic N) is 2. The summed E-state index contributed by atoms with van der Waals surface area (Å²) in [5.41, 5.74) is 5.71. The molecule has 0 radical (unpaired) electrons. The number of likely N-dealkylation sites (N-methyl/N-ethyl adjacent to an activating group) is 1. The number of nitrogens with two attached hydrogens (primary N) is 1. The fourth-order valence-electron chi connectivity index (χ4n) is 1.77. The average molecular weight is 226 g/mol. The largest absolute Gasteiger partial charge is 0.370 e. The molecule has 0 heterocycles. The molecule has 1 aliphatic rings. The van der Waals surface area contributed by atoms with E-state index in [1.54, 1.807) is 11.9 Å². The first-order valence-corrected chi connectivity index (χ1v) is 5.94. The van der Waals surface area contributed by atoms with Crippen molar-refractivity contribution in [3.8, 4) is 0 Å². The number of guanidine groups is 1. The molecule has 0 atom stereocenters. The molecule has 0 aromatic rings. The van der Waals surface area contributed by atoms with Crippen LogP contribution in [0.5, 0.6) is 0 Å². The highest BCUT2D eigenvalue weighted by Crippen LogP contribution is 2.17. The third-order valence-electron chi connectivity index (χ3n) is 2.99. The number of nitrogens with one attached hydrogen (secondary N) is 1. The summed E-state index contributed by atoms with van der Waals surface area (Å²) in [5, 5.41) is 3.15. The van der Waals surface area contributed by atoms with Crippen LogP contribution in [-0.4, -0.2) is 42.9 Å². The Labute approximate surface area is 97.1 Å². The second-order valence-corrected chi connectivity index (χ2v) is 4.24. The van der Waals surface area contributed by atoms with Gasteiger partial charge in [0.05, 0.1) is 0 Å². The molecule has 16 heavy (non-hydrogen) atoms. The Morgan fingerprint density at radius 1 is 1.50 bits per heavy atom. The number of aliphatic imine (C=N–C) groups is 1. The van der Waals surface area contributed by atoms with E-state index in [4.69, 9.17) is 5.73 Å². The molecule has 1 saturated carbocycles. The van der Waals surface area contributed by atoms with Crippen LogP contribution >= 0.6 is 0 Å². The highest BCUT2D eigenvalue weighted by atomic mass is 16.2. The predicted molar refractivity (Wildman–Crippen MR) is 65.2 cm³/mol. The molecule has 0 spiro atoms. The van der Waals surface area contributed by atoms with Crippen molar-refractivity contribution in [3.05, 3.63) is 0 Å². The first kappa shape index (κ1) is 12.8. The molecule has 0 aromatic heterocycles. The number of carbonyl (C=O) groups excluding carboxylic acids is 1. The van der Waals surface area contributed by atoms with Gasteiger partial charge in [0.2, 0.25) is 5.91 Å².